The number of hydrogen-bond acceptors (Lipinski definition) is 8. The van der Waals surface area contributed by atoms with Gasteiger partial charge in [-0.05, 0) is 99.2 Å². The van der Waals surface area contributed by atoms with Gasteiger partial charge in [0.1, 0.15) is 0 Å². The van der Waals surface area contributed by atoms with Crippen molar-refractivity contribution in [1.29, 1.82) is 0 Å². The molecule has 0 radical (unpaired) electrons. The summed E-state index contributed by atoms with van der Waals surface area (Å²) < 4.78 is 0. The average Bonchev–Trinajstić information content (AvgIpc) is 3.36. The Hall–Kier alpha value is -8.62. The number of anilines is 6. The summed E-state index contributed by atoms with van der Waals surface area (Å²) in [5.41, 5.74) is 16.9. The SMILES string of the molecule is Cc1cc(C)c(N(c2ccc(N(c3nc(-c4ccccc4)nc(-c4ccccc4)n3)c3nc(-c4ccccc4)nc(-c4ccc(-c5ccccc5)cc4)n3)cc2)c2c(C)cc(C)cc2C)c(C)c1. The Balaban J connectivity index is 1.20. The van der Waals surface area contributed by atoms with E-state index in [1.54, 1.807) is 0 Å². The summed E-state index contributed by atoms with van der Waals surface area (Å²) in [6.07, 6.45) is 0. The third-order valence-corrected chi connectivity index (χ3v) is 12.1. The molecule has 2 aromatic heterocycles. The fourth-order valence-electron chi connectivity index (χ4n) is 9.14. The number of rotatable bonds is 11. The van der Waals surface area contributed by atoms with E-state index in [1.807, 2.05) is 102 Å². The standard InChI is InChI=1S/C60H50N8/c1-39-35-41(3)53(42(4)36-39)67(54-43(5)37-40(2)38-44(54)6)51-31-33-52(34-32-51)68(59-63-55(47-21-13-8-14-22-47)61-56(64-59)48-23-15-9-16-24-48)60-65-57(49-25-17-10-18-26-49)62-58(66-60)50-29-27-46(28-30-50)45-19-11-7-12-20-45/h7-38H,1-6H3. The Morgan fingerprint density at radius 2 is 0.529 bits per heavy atom. The molecule has 0 aliphatic heterocycles. The van der Waals surface area contributed by atoms with Crippen LogP contribution in [-0.2, 0) is 0 Å². The quantitative estimate of drug-likeness (QED) is 0.127. The summed E-state index contributed by atoms with van der Waals surface area (Å²) >= 11 is 0. The summed E-state index contributed by atoms with van der Waals surface area (Å²) in [5.74, 6) is 2.77. The maximum Gasteiger partial charge on any atom is 0.241 e. The Kier molecular flexibility index (Phi) is 11.9. The van der Waals surface area contributed by atoms with Gasteiger partial charge in [0.05, 0.1) is 17.1 Å². The molecule has 0 bridgehead atoms. The first-order chi connectivity index (χ1) is 33.2. The third kappa shape index (κ3) is 8.87. The van der Waals surface area contributed by atoms with Gasteiger partial charge in [-0.25, -0.2) is 14.9 Å². The molecule has 8 aromatic carbocycles. The molecule has 10 rings (SSSR count). The Labute approximate surface area is 398 Å². The molecule has 0 unspecified atom stereocenters. The van der Waals surface area contributed by atoms with E-state index in [1.165, 1.54) is 33.4 Å². The van der Waals surface area contributed by atoms with Gasteiger partial charge in [-0.2, -0.15) is 19.9 Å². The van der Waals surface area contributed by atoms with Crippen LogP contribution in [0.2, 0.25) is 0 Å². The lowest BCUT2D eigenvalue weighted by Crippen LogP contribution is -2.19. The zero-order valence-electron chi connectivity index (χ0n) is 39.1. The van der Waals surface area contributed by atoms with Crippen LogP contribution in [0.25, 0.3) is 56.7 Å². The van der Waals surface area contributed by atoms with Crippen LogP contribution in [0.15, 0.2) is 194 Å². The summed E-state index contributed by atoms with van der Waals surface area (Å²) in [6, 6.07) is 66.3. The van der Waals surface area contributed by atoms with E-state index in [9.17, 15) is 0 Å². The fourth-order valence-corrected chi connectivity index (χ4v) is 9.14. The van der Waals surface area contributed by atoms with Crippen LogP contribution in [0.5, 0.6) is 0 Å². The molecule has 0 saturated heterocycles. The lowest BCUT2D eigenvalue weighted by Gasteiger charge is -2.32. The molecule has 0 N–H and O–H groups in total. The van der Waals surface area contributed by atoms with E-state index in [0.717, 1.165) is 56.1 Å². The van der Waals surface area contributed by atoms with Gasteiger partial charge in [-0.3, -0.25) is 0 Å². The number of nitrogens with zero attached hydrogens (tertiary/aromatic N) is 8. The molecular weight excluding hydrogens is 833 g/mol. The van der Waals surface area contributed by atoms with Crippen molar-refractivity contribution in [2.24, 2.45) is 0 Å². The highest BCUT2D eigenvalue weighted by Gasteiger charge is 2.26. The Morgan fingerprint density at radius 3 is 0.868 bits per heavy atom. The second-order valence-corrected chi connectivity index (χ2v) is 17.3. The molecule has 0 spiro atoms. The van der Waals surface area contributed by atoms with Crippen molar-refractivity contribution in [3.8, 4) is 56.7 Å². The van der Waals surface area contributed by atoms with E-state index in [-0.39, 0.29) is 0 Å². The van der Waals surface area contributed by atoms with Gasteiger partial charge >= 0.3 is 0 Å². The number of benzene rings is 8. The van der Waals surface area contributed by atoms with Crippen molar-refractivity contribution in [3.05, 3.63) is 228 Å². The normalized spacial score (nSPS) is 11.1. The van der Waals surface area contributed by atoms with Crippen LogP contribution < -0.4 is 9.80 Å². The summed E-state index contributed by atoms with van der Waals surface area (Å²) in [5, 5.41) is 0. The number of aryl methyl sites for hydroxylation is 6. The molecule has 0 aliphatic rings. The van der Waals surface area contributed by atoms with Crippen LogP contribution in [0.3, 0.4) is 0 Å². The van der Waals surface area contributed by atoms with Crippen molar-refractivity contribution >= 4 is 34.6 Å². The first kappa shape index (κ1) is 43.3. The molecule has 0 amide bonds. The maximum absolute atomic E-state index is 5.30. The molecule has 0 saturated carbocycles. The summed E-state index contributed by atoms with van der Waals surface area (Å²) in [6.45, 7) is 13.1. The maximum atomic E-state index is 5.30. The fraction of sp³-hybridized carbons (Fsp3) is 0.100. The highest BCUT2D eigenvalue weighted by atomic mass is 15.4. The number of hydrogen-bond donors (Lipinski definition) is 0. The topological polar surface area (TPSA) is 83.8 Å². The average molecular weight is 883 g/mol. The zero-order valence-corrected chi connectivity index (χ0v) is 39.1. The predicted octanol–water partition coefficient (Wildman–Crippen LogP) is 15.2. The highest BCUT2D eigenvalue weighted by molar-refractivity contribution is 5.85. The second-order valence-electron chi connectivity index (χ2n) is 17.3. The van der Waals surface area contributed by atoms with Gasteiger partial charge in [0, 0.05) is 27.9 Å². The smallest absolute Gasteiger partial charge is 0.241 e. The molecule has 0 atom stereocenters. The largest absolute Gasteiger partial charge is 0.309 e. The summed E-state index contributed by atoms with van der Waals surface area (Å²) in [4.78, 5) is 35.5. The molecule has 10 aromatic rings. The molecule has 8 heteroatoms. The number of aromatic nitrogens is 6. The lowest BCUT2D eigenvalue weighted by molar-refractivity contribution is 0.964. The Bertz CT molecular complexity index is 3220. The first-order valence-electron chi connectivity index (χ1n) is 22.9. The minimum absolute atomic E-state index is 0.352. The van der Waals surface area contributed by atoms with E-state index >= 15 is 0 Å². The van der Waals surface area contributed by atoms with Crippen molar-refractivity contribution in [2.75, 3.05) is 9.80 Å². The van der Waals surface area contributed by atoms with Crippen molar-refractivity contribution in [3.63, 3.8) is 0 Å². The van der Waals surface area contributed by atoms with Gasteiger partial charge < -0.3 is 4.90 Å². The van der Waals surface area contributed by atoms with Crippen LogP contribution in [0.1, 0.15) is 33.4 Å². The van der Waals surface area contributed by atoms with Gasteiger partial charge in [0.15, 0.2) is 23.3 Å². The first-order valence-corrected chi connectivity index (χ1v) is 22.9. The molecule has 0 fully saturated rings. The second kappa shape index (κ2) is 18.7. The molecule has 8 nitrogen and oxygen atoms in total. The molecule has 2 heterocycles. The van der Waals surface area contributed by atoms with Gasteiger partial charge in [-0.1, -0.05) is 181 Å². The monoisotopic (exact) mass is 882 g/mol. The van der Waals surface area contributed by atoms with Gasteiger partial charge in [0.25, 0.3) is 0 Å². The van der Waals surface area contributed by atoms with Crippen molar-refractivity contribution in [2.45, 2.75) is 41.5 Å². The molecule has 68 heavy (non-hydrogen) atoms. The third-order valence-electron chi connectivity index (χ3n) is 12.1. The molecular formula is C60H50N8. The van der Waals surface area contributed by atoms with Crippen LogP contribution in [-0.4, -0.2) is 29.9 Å². The van der Waals surface area contributed by atoms with E-state index in [0.29, 0.717) is 35.2 Å². The van der Waals surface area contributed by atoms with Gasteiger partial charge in [-0.15, -0.1) is 0 Å². The molecule has 0 aliphatic carbocycles. The highest BCUT2D eigenvalue weighted by Crippen LogP contribution is 2.44. The predicted molar refractivity (Wildman–Crippen MR) is 278 cm³/mol. The Morgan fingerprint density at radius 1 is 0.265 bits per heavy atom. The minimum atomic E-state index is 0.352. The summed E-state index contributed by atoms with van der Waals surface area (Å²) in [7, 11) is 0. The van der Waals surface area contributed by atoms with Crippen molar-refractivity contribution < 1.29 is 0 Å². The van der Waals surface area contributed by atoms with Gasteiger partial charge in [0.2, 0.25) is 11.9 Å². The zero-order chi connectivity index (χ0) is 46.7. The van der Waals surface area contributed by atoms with E-state index in [2.05, 4.69) is 144 Å². The van der Waals surface area contributed by atoms with E-state index < -0.39 is 0 Å². The van der Waals surface area contributed by atoms with E-state index in [4.69, 9.17) is 29.9 Å². The lowest BCUT2D eigenvalue weighted by atomic mass is 9.99. The minimum Gasteiger partial charge on any atom is -0.309 e. The van der Waals surface area contributed by atoms with Crippen LogP contribution >= 0.6 is 0 Å². The van der Waals surface area contributed by atoms with Crippen molar-refractivity contribution in [1.82, 2.24) is 29.9 Å². The van der Waals surface area contributed by atoms with Crippen LogP contribution in [0.4, 0.5) is 34.6 Å². The molecule has 330 valence electrons. The van der Waals surface area contributed by atoms with Crippen LogP contribution in [0, 0.1) is 41.5 Å².